The number of hydrogen-bond acceptors (Lipinski definition) is 5. The largest absolute Gasteiger partial charge is 0.415 e. The van der Waals surface area contributed by atoms with Gasteiger partial charge in [-0.2, -0.15) is 0 Å². The van der Waals surface area contributed by atoms with Crippen LogP contribution in [0.25, 0.3) is 0 Å². The normalized spacial score (nSPS) is 10.6. The minimum atomic E-state index is -0.230. The van der Waals surface area contributed by atoms with Crippen molar-refractivity contribution < 1.29 is 8.81 Å². The molecule has 0 aliphatic carbocycles. The summed E-state index contributed by atoms with van der Waals surface area (Å²) in [6.45, 7) is 0. The van der Waals surface area contributed by atoms with Crippen molar-refractivity contribution in [3.63, 3.8) is 0 Å². The number of thioether (sulfide) groups is 2. The second kappa shape index (κ2) is 5.36. The molecule has 0 atom stereocenters. The van der Waals surface area contributed by atoms with Gasteiger partial charge in [-0.25, -0.2) is 4.39 Å². The minimum Gasteiger partial charge on any atom is -0.415 e. The van der Waals surface area contributed by atoms with Crippen LogP contribution in [0.4, 0.5) is 4.39 Å². The highest BCUT2D eigenvalue weighted by atomic mass is 32.2. The van der Waals surface area contributed by atoms with Crippen molar-refractivity contribution in [3.05, 3.63) is 36.0 Å². The van der Waals surface area contributed by atoms with Crippen molar-refractivity contribution >= 4 is 23.5 Å². The summed E-state index contributed by atoms with van der Waals surface area (Å²) in [5.41, 5.74) is 0. The first-order valence-corrected chi connectivity index (χ1v) is 6.73. The van der Waals surface area contributed by atoms with Gasteiger partial charge in [0.2, 0.25) is 5.89 Å². The second-order valence-electron chi connectivity index (χ2n) is 2.91. The van der Waals surface area contributed by atoms with E-state index < -0.39 is 0 Å². The van der Waals surface area contributed by atoms with E-state index in [0.29, 0.717) is 16.9 Å². The molecule has 0 spiro atoms. The lowest BCUT2D eigenvalue weighted by atomic mass is 10.4. The molecule has 0 fully saturated rings. The maximum absolute atomic E-state index is 12.6. The van der Waals surface area contributed by atoms with Crippen molar-refractivity contribution in [3.8, 4) is 0 Å². The fraction of sp³-hybridized carbons (Fsp3) is 0.200. The smallest absolute Gasteiger partial charge is 0.276 e. The Morgan fingerprint density at radius 2 is 2.00 bits per heavy atom. The van der Waals surface area contributed by atoms with Crippen LogP contribution in [0.1, 0.15) is 5.89 Å². The van der Waals surface area contributed by atoms with Gasteiger partial charge in [0.1, 0.15) is 5.82 Å². The average molecular weight is 256 g/mol. The Morgan fingerprint density at radius 1 is 1.25 bits per heavy atom. The molecule has 1 aromatic carbocycles. The topological polar surface area (TPSA) is 38.9 Å². The maximum atomic E-state index is 12.6. The predicted octanol–water partition coefficient (Wildman–Crippen LogP) is 3.22. The molecule has 1 aromatic heterocycles. The van der Waals surface area contributed by atoms with Crippen molar-refractivity contribution in [2.24, 2.45) is 0 Å². The van der Waals surface area contributed by atoms with Crippen LogP contribution in [0.3, 0.4) is 0 Å². The van der Waals surface area contributed by atoms with Crippen LogP contribution in [-0.2, 0) is 5.75 Å². The molecule has 16 heavy (non-hydrogen) atoms. The quantitative estimate of drug-likeness (QED) is 0.785. The highest BCUT2D eigenvalue weighted by Crippen LogP contribution is 2.23. The fourth-order valence-electron chi connectivity index (χ4n) is 1.05. The molecule has 2 rings (SSSR count). The van der Waals surface area contributed by atoms with E-state index in [9.17, 15) is 4.39 Å². The van der Waals surface area contributed by atoms with Gasteiger partial charge in [0.15, 0.2) is 0 Å². The molecule has 0 aliphatic rings. The first kappa shape index (κ1) is 11.5. The molecule has 0 unspecified atom stereocenters. The van der Waals surface area contributed by atoms with E-state index in [0.717, 1.165) is 4.90 Å². The molecule has 0 bridgehead atoms. The summed E-state index contributed by atoms with van der Waals surface area (Å²) < 4.78 is 18.0. The number of aromatic nitrogens is 2. The number of hydrogen-bond donors (Lipinski definition) is 0. The molecule has 6 heteroatoms. The molecule has 0 N–H and O–H groups in total. The zero-order valence-electron chi connectivity index (χ0n) is 8.51. The third-order valence-electron chi connectivity index (χ3n) is 1.80. The molecule has 0 amide bonds. The highest BCUT2D eigenvalue weighted by molar-refractivity contribution is 7.98. The fourth-order valence-corrected chi connectivity index (χ4v) is 2.09. The lowest BCUT2D eigenvalue weighted by molar-refractivity contribution is 0.427. The highest BCUT2D eigenvalue weighted by Gasteiger charge is 2.05. The van der Waals surface area contributed by atoms with E-state index in [1.807, 2.05) is 6.26 Å². The summed E-state index contributed by atoms with van der Waals surface area (Å²) in [7, 11) is 0. The van der Waals surface area contributed by atoms with Gasteiger partial charge in [-0.15, -0.1) is 22.0 Å². The van der Waals surface area contributed by atoms with Gasteiger partial charge < -0.3 is 4.42 Å². The Kier molecular flexibility index (Phi) is 3.84. The zero-order chi connectivity index (χ0) is 11.4. The van der Waals surface area contributed by atoms with Gasteiger partial charge >= 0.3 is 0 Å². The van der Waals surface area contributed by atoms with Gasteiger partial charge in [0.25, 0.3) is 5.22 Å². The molecule has 2 aromatic rings. The number of benzene rings is 1. The van der Waals surface area contributed by atoms with E-state index in [4.69, 9.17) is 4.42 Å². The first-order valence-electron chi connectivity index (χ1n) is 4.52. The van der Waals surface area contributed by atoms with Gasteiger partial charge in [0.05, 0.1) is 5.75 Å². The Balaban J connectivity index is 1.94. The monoisotopic (exact) mass is 256 g/mol. The third-order valence-corrected chi connectivity index (χ3v) is 3.31. The van der Waals surface area contributed by atoms with Gasteiger partial charge in [-0.1, -0.05) is 11.8 Å². The Morgan fingerprint density at radius 3 is 2.62 bits per heavy atom. The number of halogens is 1. The molecule has 0 saturated carbocycles. The van der Waals surface area contributed by atoms with Gasteiger partial charge in [-0.3, -0.25) is 0 Å². The second-order valence-corrected chi connectivity index (χ2v) is 4.71. The third kappa shape index (κ3) is 2.99. The molecule has 0 radical (unpaired) electrons. The van der Waals surface area contributed by atoms with E-state index in [2.05, 4.69) is 10.2 Å². The number of rotatable bonds is 4. The molecule has 0 aliphatic heterocycles. The summed E-state index contributed by atoms with van der Waals surface area (Å²) in [4.78, 5) is 0.977. The molecular formula is C10H9FN2OS2. The average Bonchev–Trinajstić information content (AvgIpc) is 2.76. The lowest BCUT2D eigenvalue weighted by Gasteiger charge is -1.97. The zero-order valence-corrected chi connectivity index (χ0v) is 10.1. The maximum Gasteiger partial charge on any atom is 0.276 e. The van der Waals surface area contributed by atoms with Gasteiger partial charge in [0, 0.05) is 4.90 Å². The summed E-state index contributed by atoms with van der Waals surface area (Å²) in [6.07, 6.45) is 1.88. The van der Waals surface area contributed by atoms with E-state index in [1.165, 1.54) is 35.7 Å². The first-order chi connectivity index (χ1) is 7.78. The van der Waals surface area contributed by atoms with Crippen LogP contribution >= 0.6 is 23.5 Å². The van der Waals surface area contributed by atoms with Crippen LogP contribution in [0, 0.1) is 5.82 Å². The van der Waals surface area contributed by atoms with Crippen LogP contribution in [-0.4, -0.2) is 16.5 Å². The van der Waals surface area contributed by atoms with Crippen molar-refractivity contribution in [2.45, 2.75) is 15.9 Å². The molecule has 1 heterocycles. The molecule has 84 valence electrons. The Bertz CT molecular complexity index is 458. The molecule has 0 saturated heterocycles. The lowest BCUT2D eigenvalue weighted by Crippen LogP contribution is -1.81. The summed E-state index contributed by atoms with van der Waals surface area (Å²) in [6, 6.07) is 6.32. The molecular weight excluding hydrogens is 247 g/mol. The minimum absolute atomic E-state index is 0.230. The Hall–Kier alpha value is -1.01. The van der Waals surface area contributed by atoms with Crippen LogP contribution in [0.15, 0.2) is 38.8 Å². The summed E-state index contributed by atoms with van der Waals surface area (Å²) in [5.74, 6) is 0.949. The standard InChI is InChI=1S/C10H9FN2OS2/c1-15-10-13-12-9(14-10)6-16-8-4-2-7(11)3-5-8/h2-5H,6H2,1H3. The van der Waals surface area contributed by atoms with Gasteiger partial charge in [-0.05, 0) is 30.5 Å². The van der Waals surface area contributed by atoms with Crippen molar-refractivity contribution in [1.29, 1.82) is 0 Å². The Labute approximate surface area is 101 Å². The van der Waals surface area contributed by atoms with E-state index >= 15 is 0 Å². The van der Waals surface area contributed by atoms with Crippen LogP contribution in [0.5, 0.6) is 0 Å². The summed E-state index contributed by atoms with van der Waals surface area (Å²) >= 11 is 2.95. The summed E-state index contributed by atoms with van der Waals surface area (Å²) in [5, 5.41) is 8.29. The number of nitrogens with zero attached hydrogens (tertiary/aromatic N) is 2. The SMILES string of the molecule is CSc1nnc(CSc2ccc(F)cc2)o1. The molecule has 3 nitrogen and oxygen atoms in total. The predicted molar refractivity (Wildman–Crippen MR) is 62.0 cm³/mol. The van der Waals surface area contributed by atoms with Crippen molar-refractivity contribution in [1.82, 2.24) is 10.2 Å². The van der Waals surface area contributed by atoms with Crippen LogP contribution < -0.4 is 0 Å². The van der Waals surface area contributed by atoms with Crippen molar-refractivity contribution in [2.75, 3.05) is 6.26 Å². The van der Waals surface area contributed by atoms with E-state index in [1.54, 1.807) is 12.1 Å². The van der Waals surface area contributed by atoms with Crippen LogP contribution in [0.2, 0.25) is 0 Å². The van der Waals surface area contributed by atoms with E-state index in [-0.39, 0.29) is 5.82 Å².